The van der Waals surface area contributed by atoms with E-state index < -0.39 is 0 Å². The molecule has 4 rings (SSSR count). The first-order valence-electron chi connectivity index (χ1n) is 11.9. The van der Waals surface area contributed by atoms with Crippen molar-refractivity contribution < 1.29 is 9.13 Å². The lowest BCUT2D eigenvalue weighted by Gasteiger charge is -2.27. The molecule has 32 heavy (non-hydrogen) atoms. The number of hydrogen-bond acceptors (Lipinski definition) is 1. The molecule has 0 saturated heterocycles. The SMILES string of the molecule is C=CC1CCC(c2ccc(CCc3ccc(-c4ccc(OCC)c(F)c4)cc3)cc2)CC1. The summed E-state index contributed by atoms with van der Waals surface area (Å²) in [5, 5.41) is 0. The van der Waals surface area contributed by atoms with Gasteiger partial charge in [-0.15, -0.1) is 6.58 Å². The summed E-state index contributed by atoms with van der Waals surface area (Å²) < 4.78 is 19.5. The maximum atomic E-state index is 14.2. The number of hydrogen-bond donors (Lipinski definition) is 0. The number of allylic oxidation sites excluding steroid dienone is 1. The second kappa shape index (κ2) is 10.6. The maximum absolute atomic E-state index is 14.2. The van der Waals surface area contributed by atoms with Crippen LogP contribution < -0.4 is 4.74 Å². The fourth-order valence-electron chi connectivity index (χ4n) is 4.75. The first-order valence-corrected chi connectivity index (χ1v) is 11.9. The molecule has 1 aliphatic carbocycles. The molecule has 0 radical (unpaired) electrons. The van der Waals surface area contributed by atoms with Crippen LogP contribution in [0, 0.1) is 11.7 Å². The third-order valence-electron chi connectivity index (χ3n) is 6.78. The van der Waals surface area contributed by atoms with Crippen LogP contribution in [-0.4, -0.2) is 6.61 Å². The molecule has 0 spiro atoms. The van der Waals surface area contributed by atoms with E-state index in [4.69, 9.17) is 4.74 Å². The Labute approximate surface area is 192 Å². The molecule has 0 amide bonds. The zero-order valence-electron chi connectivity index (χ0n) is 19.0. The molecule has 0 aliphatic heterocycles. The lowest BCUT2D eigenvalue weighted by atomic mass is 9.78. The molecular weight excluding hydrogens is 395 g/mol. The maximum Gasteiger partial charge on any atom is 0.165 e. The average molecular weight is 429 g/mol. The molecule has 1 aliphatic rings. The van der Waals surface area contributed by atoms with Crippen molar-refractivity contribution in [2.24, 2.45) is 5.92 Å². The molecule has 0 atom stereocenters. The number of aryl methyl sites for hydroxylation is 2. The van der Waals surface area contributed by atoms with Gasteiger partial charge in [-0.2, -0.15) is 0 Å². The van der Waals surface area contributed by atoms with Gasteiger partial charge in [-0.1, -0.05) is 60.7 Å². The van der Waals surface area contributed by atoms with Gasteiger partial charge in [-0.3, -0.25) is 0 Å². The molecule has 1 fully saturated rings. The normalized spacial score (nSPS) is 18.3. The third kappa shape index (κ3) is 5.48. The van der Waals surface area contributed by atoms with E-state index in [0.717, 1.165) is 24.0 Å². The van der Waals surface area contributed by atoms with Crippen LogP contribution in [0.5, 0.6) is 5.75 Å². The van der Waals surface area contributed by atoms with Crippen LogP contribution in [0.15, 0.2) is 79.4 Å². The van der Waals surface area contributed by atoms with E-state index in [-0.39, 0.29) is 5.82 Å². The topological polar surface area (TPSA) is 9.23 Å². The van der Waals surface area contributed by atoms with Gasteiger partial charge in [0.25, 0.3) is 0 Å². The Kier molecular flexibility index (Phi) is 7.42. The van der Waals surface area contributed by atoms with Crippen LogP contribution in [0.3, 0.4) is 0 Å². The highest BCUT2D eigenvalue weighted by atomic mass is 19.1. The monoisotopic (exact) mass is 428 g/mol. The van der Waals surface area contributed by atoms with Crippen LogP contribution in [0.25, 0.3) is 11.1 Å². The van der Waals surface area contributed by atoms with Gasteiger partial charge in [0.2, 0.25) is 0 Å². The minimum absolute atomic E-state index is 0.309. The summed E-state index contributed by atoms with van der Waals surface area (Å²) in [5.41, 5.74) is 6.06. The van der Waals surface area contributed by atoms with Gasteiger partial charge in [0.05, 0.1) is 6.61 Å². The van der Waals surface area contributed by atoms with Gasteiger partial charge in [0, 0.05) is 0 Å². The molecule has 0 bridgehead atoms. The summed E-state index contributed by atoms with van der Waals surface area (Å²) in [4.78, 5) is 0. The second-order valence-electron chi connectivity index (χ2n) is 8.86. The molecule has 0 aromatic heterocycles. The Hall–Kier alpha value is -2.87. The van der Waals surface area contributed by atoms with E-state index in [9.17, 15) is 4.39 Å². The van der Waals surface area contributed by atoms with Crippen LogP contribution >= 0.6 is 0 Å². The molecule has 3 aromatic carbocycles. The highest BCUT2D eigenvalue weighted by Gasteiger charge is 2.20. The number of ether oxygens (including phenoxy) is 1. The summed E-state index contributed by atoms with van der Waals surface area (Å²) in [7, 11) is 0. The Morgan fingerprint density at radius 2 is 1.44 bits per heavy atom. The van der Waals surface area contributed by atoms with Crippen LogP contribution in [-0.2, 0) is 12.8 Å². The molecule has 1 nitrogen and oxygen atoms in total. The largest absolute Gasteiger partial charge is 0.491 e. The molecule has 166 valence electrons. The number of rotatable bonds is 8. The van der Waals surface area contributed by atoms with E-state index in [1.54, 1.807) is 12.1 Å². The van der Waals surface area contributed by atoms with Crippen LogP contribution in [0.2, 0.25) is 0 Å². The van der Waals surface area contributed by atoms with Gasteiger partial charge in [-0.05, 0) is 97.2 Å². The molecule has 2 heteroatoms. The highest BCUT2D eigenvalue weighted by molar-refractivity contribution is 5.64. The first kappa shape index (κ1) is 22.3. The van der Waals surface area contributed by atoms with Crippen molar-refractivity contribution in [1.82, 2.24) is 0 Å². The van der Waals surface area contributed by atoms with E-state index in [2.05, 4.69) is 61.2 Å². The van der Waals surface area contributed by atoms with Crippen LogP contribution in [0.1, 0.15) is 55.2 Å². The summed E-state index contributed by atoms with van der Waals surface area (Å²) in [6.45, 7) is 6.27. The van der Waals surface area contributed by atoms with Crippen LogP contribution in [0.4, 0.5) is 4.39 Å². The summed E-state index contributed by atoms with van der Waals surface area (Å²) in [6.07, 6.45) is 9.26. The smallest absolute Gasteiger partial charge is 0.165 e. The van der Waals surface area contributed by atoms with Crippen molar-refractivity contribution in [2.45, 2.75) is 51.4 Å². The summed E-state index contributed by atoms with van der Waals surface area (Å²) in [6, 6.07) is 22.9. The second-order valence-corrected chi connectivity index (χ2v) is 8.86. The molecule has 0 unspecified atom stereocenters. The van der Waals surface area contributed by atoms with Gasteiger partial charge in [0.1, 0.15) is 0 Å². The molecule has 1 saturated carbocycles. The summed E-state index contributed by atoms with van der Waals surface area (Å²) in [5.74, 6) is 1.42. The molecular formula is C30H33FO. The predicted molar refractivity (Wildman–Crippen MR) is 132 cm³/mol. The van der Waals surface area contributed by atoms with E-state index in [1.807, 2.05) is 13.0 Å². The lowest BCUT2D eigenvalue weighted by molar-refractivity contribution is 0.321. The quantitative estimate of drug-likeness (QED) is 0.329. The highest BCUT2D eigenvalue weighted by Crippen LogP contribution is 2.36. The van der Waals surface area contributed by atoms with E-state index in [1.165, 1.54) is 42.4 Å². The van der Waals surface area contributed by atoms with Crippen molar-refractivity contribution in [3.05, 3.63) is 102 Å². The number of halogens is 1. The minimum Gasteiger partial charge on any atom is -0.491 e. The van der Waals surface area contributed by atoms with E-state index in [0.29, 0.717) is 24.2 Å². The van der Waals surface area contributed by atoms with Gasteiger partial charge < -0.3 is 4.74 Å². The Morgan fingerprint density at radius 3 is 2.00 bits per heavy atom. The molecule has 0 N–H and O–H groups in total. The van der Waals surface area contributed by atoms with Crippen molar-refractivity contribution in [2.75, 3.05) is 6.61 Å². The Balaban J connectivity index is 1.32. The van der Waals surface area contributed by atoms with Crippen molar-refractivity contribution in [1.29, 1.82) is 0 Å². The lowest BCUT2D eigenvalue weighted by Crippen LogP contribution is -2.11. The predicted octanol–water partition coefficient (Wildman–Crippen LogP) is 8.14. The Bertz CT molecular complexity index is 1010. The van der Waals surface area contributed by atoms with Crippen molar-refractivity contribution in [3.63, 3.8) is 0 Å². The van der Waals surface area contributed by atoms with Crippen molar-refractivity contribution >= 4 is 0 Å². The van der Waals surface area contributed by atoms with Gasteiger partial charge >= 0.3 is 0 Å². The van der Waals surface area contributed by atoms with E-state index >= 15 is 0 Å². The van der Waals surface area contributed by atoms with Gasteiger partial charge in [-0.25, -0.2) is 4.39 Å². The Morgan fingerprint density at radius 1 is 0.844 bits per heavy atom. The average Bonchev–Trinajstić information content (AvgIpc) is 2.85. The minimum atomic E-state index is -0.314. The zero-order valence-corrected chi connectivity index (χ0v) is 19.0. The fourth-order valence-corrected chi connectivity index (χ4v) is 4.75. The standard InChI is InChI=1S/C30H33FO/c1-3-22-7-13-25(14-8-22)26-15-9-23(10-16-26)5-6-24-11-17-27(18-12-24)28-19-20-30(32-4-2)29(31)21-28/h3,9-12,15-22,25H,1,4-8,13-14H2,2H3. The number of benzene rings is 3. The third-order valence-corrected chi connectivity index (χ3v) is 6.78. The summed E-state index contributed by atoms with van der Waals surface area (Å²) >= 11 is 0. The first-order chi connectivity index (χ1) is 15.7. The molecule has 0 heterocycles. The zero-order chi connectivity index (χ0) is 22.3. The fraction of sp³-hybridized carbons (Fsp3) is 0.333. The van der Waals surface area contributed by atoms with Crippen molar-refractivity contribution in [3.8, 4) is 16.9 Å². The molecule has 3 aromatic rings. The van der Waals surface area contributed by atoms with Gasteiger partial charge in [0.15, 0.2) is 11.6 Å².